The molecular weight excluding hydrogens is 480 g/mol. The number of ketones is 1. The molecular formula is C30H34N4O4. The van der Waals surface area contributed by atoms with Gasteiger partial charge < -0.3 is 19.6 Å². The minimum absolute atomic E-state index is 0.0473. The smallest absolute Gasteiger partial charge is 0.295 e. The topological polar surface area (TPSA) is 87.9 Å². The molecule has 2 heterocycles. The van der Waals surface area contributed by atoms with Gasteiger partial charge in [0.25, 0.3) is 11.7 Å². The predicted molar refractivity (Wildman–Crippen MR) is 147 cm³/mol. The number of amides is 1. The molecule has 0 radical (unpaired) electrons. The van der Waals surface area contributed by atoms with Crippen molar-refractivity contribution >= 4 is 17.4 Å². The second-order valence-corrected chi connectivity index (χ2v) is 9.08. The Morgan fingerprint density at radius 1 is 1.13 bits per heavy atom. The van der Waals surface area contributed by atoms with Crippen LogP contribution >= 0.6 is 0 Å². The van der Waals surface area contributed by atoms with E-state index in [1.807, 2.05) is 55.5 Å². The van der Waals surface area contributed by atoms with Crippen molar-refractivity contribution in [1.29, 1.82) is 0 Å². The van der Waals surface area contributed by atoms with Gasteiger partial charge in [-0.15, -0.1) is 0 Å². The number of aromatic nitrogens is 2. The van der Waals surface area contributed by atoms with Crippen LogP contribution in [0.25, 0.3) is 11.4 Å². The van der Waals surface area contributed by atoms with Crippen molar-refractivity contribution in [3.05, 3.63) is 95.8 Å². The Balaban J connectivity index is 1.82. The summed E-state index contributed by atoms with van der Waals surface area (Å²) in [5, 5.41) is 16.0. The molecule has 4 rings (SSSR count). The van der Waals surface area contributed by atoms with Gasteiger partial charge in [-0.2, -0.15) is 5.10 Å². The summed E-state index contributed by atoms with van der Waals surface area (Å²) in [7, 11) is 0. The normalized spacial score (nSPS) is 16.8. The van der Waals surface area contributed by atoms with Crippen LogP contribution in [0.2, 0.25) is 0 Å². The number of Topliss-reactive ketones (excluding diaryl/α,β-unsaturated/α-hetero) is 1. The molecule has 1 N–H and O–H groups in total. The van der Waals surface area contributed by atoms with E-state index in [1.165, 1.54) is 6.20 Å². The summed E-state index contributed by atoms with van der Waals surface area (Å²) >= 11 is 0. The number of carbonyl (C=O) groups excluding carboxylic acids is 2. The van der Waals surface area contributed by atoms with Crippen LogP contribution in [0.1, 0.15) is 36.7 Å². The second-order valence-electron chi connectivity index (χ2n) is 9.08. The first kappa shape index (κ1) is 26.9. The van der Waals surface area contributed by atoms with Crippen LogP contribution in [0, 0.1) is 6.92 Å². The zero-order chi connectivity index (χ0) is 27.2. The summed E-state index contributed by atoms with van der Waals surface area (Å²) in [6.07, 6.45) is 3.18. The number of aliphatic hydroxyl groups excluding tert-OH is 1. The molecule has 0 bridgehead atoms. The fourth-order valence-corrected chi connectivity index (χ4v) is 4.79. The first-order valence-corrected chi connectivity index (χ1v) is 12.9. The highest BCUT2D eigenvalue weighted by Crippen LogP contribution is 2.40. The highest BCUT2D eigenvalue weighted by molar-refractivity contribution is 6.46. The Kier molecular flexibility index (Phi) is 8.43. The van der Waals surface area contributed by atoms with E-state index in [0.717, 1.165) is 18.8 Å². The molecule has 0 spiro atoms. The Bertz CT molecular complexity index is 1340. The van der Waals surface area contributed by atoms with Crippen LogP contribution in [0.3, 0.4) is 0 Å². The van der Waals surface area contributed by atoms with Crippen LogP contribution in [-0.4, -0.2) is 69.2 Å². The molecule has 1 aromatic heterocycles. The summed E-state index contributed by atoms with van der Waals surface area (Å²) in [4.78, 5) is 30.5. The van der Waals surface area contributed by atoms with Crippen LogP contribution in [0.4, 0.5) is 0 Å². The standard InChI is InChI=1S/C30H34N4O4/c1-5-18-38-24-15-11-12-22(19-24)27-26(29(36)30(37)33(27)17-16-32(6-2)7-3)28(35)25-20-31-34(21(25)4)23-13-9-8-10-14-23/h5,8-15,19-20,27,35H,1,6-7,16-18H2,2-4H3/b28-26+. The maximum atomic E-state index is 13.4. The first-order valence-electron chi connectivity index (χ1n) is 12.9. The van der Waals surface area contributed by atoms with Crippen LogP contribution in [-0.2, 0) is 9.59 Å². The van der Waals surface area contributed by atoms with Crippen molar-refractivity contribution in [2.45, 2.75) is 26.8 Å². The monoisotopic (exact) mass is 514 g/mol. The minimum Gasteiger partial charge on any atom is -0.507 e. The van der Waals surface area contributed by atoms with E-state index in [2.05, 4.69) is 30.4 Å². The van der Waals surface area contributed by atoms with Gasteiger partial charge >= 0.3 is 0 Å². The lowest BCUT2D eigenvalue weighted by Gasteiger charge is -2.28. The second kappa shape index (κ2) is 11.9. The van der Waals surface area contributed by atoms with E-state index in [4.69, 9.17) is 4.74 Å². The van der Waals surface area contributed by atoms with E-state index < -0.39 is 17.7 Å². The van der Waals surface area contributed by atoms with Gasteiger partial charge in [-0.05, 0) is 49.8 Å². The van der Waals surface area contributed by atoms with Gasteiger partial charge in [0.2, 0.25) is 0 Å². The molecule has 8 nitrogen and oxygen atoms in total. The number of ether oxygens (including phenoxy) is 1. The minimum atomic E-state index is -0.766. The average molecular weight is 515 g/mol. The van der Waals surface area contributed by atoms with Gasteiger partial charge in [-0.3, -0.25) is 9.59 Å². The highest BCUT2D eigenvalue weighted by atomic mass is 16.5. The van der Waals surface area contributed by atoms with Gasteiger partial charge in [0.15, 0.2) is 0 Å². The van der Waals surface area contributed by atoms with Crippen molar-refractivity contribution in [2.24, 2.45) is 0 Å². The number of aliphatic hydroxyl groups is 1. The molecule has 198 valence electrons. The largest absolute Gasteiger partial charge is 0.507 e. The number of rotatable bonds is 11. The van der Waals surface area contributed by atoms with Crippen LogP contribution < -0.4 is 4.74 Å². The Morgan fingerprint density at radius 3 is 2.55 bits per heavy atom. The summed E-state index contributed by atoms with van der Waals surface area (Å²) in [6, 6.07) is 16.0. The predicted octanol–water partition coefficient (Wildman–Crippen LogP) is 4.51. The summed E-state index contributed by atoms with van der Waals surface area (Å²) in [5.41, 5.74) is 2.61. The van der Waals surface area contributed by atoms with Gasteiger partial charge in [0.05, 0.1) is 34.8 Å². The third-order valence-electron chi connectivity index (χ3n) is 6.90. The molecule has 1 atom stereocenters. The van der Waals surface area contributed by atoms with E-state index >= 15 is 0 Å². The molecule has 0 aliphatic carbocycles. The number of likely N-dealkylation sites (N-methyl/N-ethyl adjacent to an activating group) is 1. The number of para-hydroxylation sites is 1. The molecule has 1 aliphatic heterocycles. The van der Waals surface area contributed by atoms with Gasteiger partial charge in [-0.25, -0.2) is 4.68 Å². The number of carbonyl (C=O) groups is 2. The highest BCUT2D eigenvalue weighted by Gasteiger charge is 2.46. The van der Waals surface area contributed by atoms with Gasteiger partial charge in [0.1, 0.15) is 18.1 Å². The molecule has 38 heavy (non-hydrogen) atoms. The van der Waals surface area contributed by atoms with Crippen molar-refractivity contribution in [1.82, 2.24) is 19.6 Å². The molecule has 8 heteroatoms. The maximum absolute atomic E-state index is 13.4. The lowest BCUT2D eigenvalue weighted by atomic mass is 9.95. The summed E-state index contributed by atoms with van der Waals surface area (Å²) in [6.45, 7) is 12.6. The number of likely N-dealkylation sites (tertiary alicyclic amines) is 1. The number of benzene rings is 2. The van der Waals surface area contributed by atoms with Crippen molar-refractivity contribution in [2.75, 3.05) is 32.8 Å². The summed E-state index contributed by atoms with van der Waals surface area (Å²) in [5.74, 6) is -0.994. The molecule has 1 unspecified atom stereocenters. The Morgan fingerprint density at radius 2 is 1.87 bits per heavy atom. The lowest BCUT2D eigenvalue weighted by Crippen LogP contribution is -2.38. The van der Waals surface area contributed by atoms with Crippen LogP contribution in [0.15, 0.2) is 79.0 Å². The van der Waals surface area contributed by atoms with Gasteiger partial charge in [0, 0.05) is 13.1 Å². The molecule has 1 saturated heterocycles. The lowest BCUT2D eigenvalue weighted by molar-refractivity contribution is -0.140. The average Bonchev–Trinajstić information content (AvgIpc) is 3.45. The zero-order valence-electron chi connectivity index (χ0n) is 22.1. The zero-order valence-corrected chi connectivity index (χ0v) is 22.1. The molecule has 1 fully saturated rings. The molecule has 1 amide bonds. The Hall–Kier alpha value is -4.17. The SMILES string of the molecule is C=CCOc1cccc(C2/C(=C(\O)c3cnn(-c4ccccc4)c3C)C(=O)C(=O)N2CCN(CC)CC)c1. The Labute approximate surface area is 223 Å². The first-order chi connectivity index (χ1) is 18.4. The van der Waals surface area contributed by atoms with E-state index in [1.54, 1.807) is 21.7 Å². The molecule has 3 aromatic rings. The van der Waals surface area contributed by atoms with Crippen molar-refractivity contribution in [3.8, 4) is 11.4 Å². The fraction of sp³-hybridized carbons (Fsp3) is 0.300. The van der Waals surface area contributed by atoms with E-state index in [-0.39, 0.29) is 11.3 Å². The van der Waals surface area contributed by atoms with E-state index in [9.17, 15) is 14.7 Å². The number of hydrogen-bond acceptors (Lipinski definition) is 6. The molecule has 1 aliphatic rings. The van der Waals surface area contributed by atoms with E-state index in [0.29, 0.717) is 42.3 Å². The van der Waals surface area contributed by atoms with Crippen molar-refractivity contribution < 1.29 is 19.4 Å². The quantitative estimate of drug-likeness (QED) is 0.175. The fourth-order valence-electron chi connectivity index (χ4n) is 4.79. The van der Waals surface area contributed by atoms with Crippen molar-refractivity contribution in [3.63, 3.8) is 0 Å². The number of nitrogens with zero attached hydrogens (tertiary/aromatic N) is 4. The maximum Gasteiger partial charge on any atom is 0.295 e. The molecule has 2 aromatic carbocycles. The third-order valence-corrected chi connectivity index (χ3v) is 6.90. The third kappa shape index (κ3) is 5.26. The summed E-state index contributed by atoms with van der Waals surface area (Å²) < 4.78 is 7.42. The molecule has 0 saturated carbocycles. The van der Waals surface area contributed by atoms with Gasteiger partial charge in [-0.1, -0.05) is 56.8 Å². The number of hydrogen-bond donors (Lipinski definition) is 1. The van der Waals surface area contributed by atoms with Crippen LogP contribution in [0.5, 0.6) is 5.75 Å².